The third kappa shape index (κ3) is 3.89. The normalized spacial score (nSPS) is 19.8. The number of anilines is 1. The summed E-state index contributed by atoms with van der Waals surface area (Å²) in [5, 5.41) is 12.3. The molecule has 158 valence electrons. The molecule has 0 spiro atoms. The molecule has 1 aliphatic heterocycles. The first-order valence-electron chi connectivity index (χ1n) is 9.10. The summed E-state index contributed by atoms with van der Waals surface area (Å²) in [5.74, 6) is -2.43. The Morgan fingerprint density at radius 2 is 1.97 bits per heavy atom. The summed E-state index contributed by atoms with van der Waals surface area (Å²) < 4.78 is 47.8. The van der Waals surface area contributed by atoms with E-state index < -0.39 is 35.7 Å². The van der Waals surface area contributed by atoms with E-state index in [9.17, 15) is 23.5 Å². The van der Waals surface area contributed by atoms with Crippen molar-refractivity contribution in [3.8, 4) is 5.75 Å². The van der Waals surface area contributed by atoms with E-state index in [1.54, 1.807) is 4.90 Å². The fraction of sp³-hybridized carbons (Fsp3) is 0.474. The lowest BCUT2D eigenvalue weighted by Crippen LogP contribution is -2.54. The van der Waals surface area contributed by atoms with Gasteiger partial charge in [-0.2, -0.15) is 0 Å². The minimum atomic E-state index is -2.82. The van der Waals surface area contributed by atoms with Gasteiger partial charge in [-0.15, -0.1) is 0 Å². The van der Waals surface area contributed by atoms with Crippen molar-refractivity contribution in [1.29, 1.82) is 0 Å². The van der Waals surface area contributed by atoms with Crippen molar-refractivity contribution in [1.82, 2.24) is 9.88 Å². The molecule has 1 fully saturated rings. The number of aromatic carboxylic acids is 1. The van der Waals surface area contributed by atoms with Crippen LogP contribution >= 0.6 is 0 Å². The van der Waals surface area contributed by atoms with Gasteiger partial charge in [-0.05, 0) is 19.9 Å². The fourth-order valence-electron chi connectivity index (χ4n) is 3.93. The summed E-state index contributed by atoms with van der Waals surface area (Å²) in [6.45, 7) is 3.87. The molecule has 7 nitrogen and oxygen atoms in total. The second-order valence-corrected chi connectivity index (χ2v) is 7.23. The molecule has 2 N–H and O–H groups in total. The molecule has 1 saturated heterocycles. The van der Waals surface area contributed by atoms with Gasteiger partial charge in [0.25, 0.3) is 6.43 Å². The predicted molar refractivity (Wildman–Crippen MR) is 102 cm³/mol. The van der Waals surface area contributed by atoms with Gasteiger partial charge in [0, 0.05) is 31.4 Å². The van der Waals surface area contributed by atoms with E-state index in [4.69, 9.17) is 4.74 Å². The maximum Gasteiger partial charge on any atom is 0.341 e. The second kappa shape index (κ2) is 7.94. The van der Waals surface area contributed by atoms with E-state index in [-0.39, 0.29) is 34.4 Å². The number of hydrogen-bond acceptors (Lipinski definition) is 5. The van der Waals surface area contributed by atoms with Crippen molar-refractivity contribution in [2.45, 2.75) is 38.9 Å². The van der Waals surface area contributed by atoms with E-state index in [1.807, 2.05) is 13.8 Å². The number of carboxylic acid groups (broad SMARTS) is 1. The van der Waals surface area contributed by atoms with Gasteiger partial charge in [-0.1, -0.05) is 0 Å². The highest BCUT2D eigenvalue weighted by Gasteiger charge is 2.29. The molecule has 0 amide bonds. The lowest BCUT2D eigenvalue weighted by Gasteiger charge is -2.38. The van der Waals surface area contributed by atoms with E-state index in [0.717, 1.165) is 16.8 Å². The number of methoxy groups -OCH3 is 1. The van der Waals surface area contributed by atoms with Crippen LogP contribution in [0.15, 0.2) is 17.1 Å². The summed E-state index contributed by atoms with van der Waals surface area (Å²) >= 11 is 0. The fourth-order valence-corrected chi connectivity index (χ4v) is 3.93. The zero-order valence-corrected chi connectivity index (χ0v) is 16.2. The number of benzene rings is 1. The van der Waals surface area contributed by atoms with Crippen LogP contribution in [0, 0.1) is 5.82 Å². The Bertz CT molecular complexity index is 999. The first-order chi connectivity index (χ1) is 13.6. The quantitative estimate of drug-likeness (QED) is 0.783. The van der Waals surface area contributed by atoms with Crippen molar-refractivity contribution >= 4 is 22.6 Å². The highest BCUT2D eigenvalue weighted by molar-refractivity contribution is 5.97. The number of piperazine rings is 1. The number of carbonyl (C=O) groups is 1. The first kappa shape index (κ1) is 21.0. The molecule has 2 heterocycles. The van der Waals surface area contributed by atoms with Crippen LogP contribution in [0.4, 0.5) is 18.9 Å². The van der Waals surface area contributed by atoms with Gasteiger partial charge < -0.3 is 24.6 Å². The molecule has 0 saturated carbocycles. The van der Waals surface area contributed by atoms with Gasteiger partial charge in [0.05, 0.1) is 24.6 Å². The Kier molecular flexibility index (Phi) is 5.74. The summed E-state index contributed by atoms with van der Waals surface area (Å²) in [7, 11) is 1.26. The topological polar surface area (TPSA) is 83.8 Å². The SMILES string of the molecule is COc1c(N2C[C@@H](C)N[C@@H](C)C2)c(F)cc2c(=O)c(C(=O)O)cn(CC(F)F)c12. The van der Waals surface area contributed by atoms with Crippen LogP contribution in [0.25, 0.3) is 10.9 Å². The average Bonchev–Trinajstić information content (AvgIpc) is 2.61. The first-order valence-corrected chi connectivity index (χ1v) is 9.10. The van der Waals surface area contributed by atoms with E-state index in [2.05, 4.69) is 5.32 Å². The summed E-state index contributed by atoms with van der Waals surface area (Å²) in [6, 6.07) is 0.980. The van der Waals surface area contributed by atoms with Crippen LogP contribution in [0.5, 0.6) is 5.75 Å². The van der Waals surface area contributed by atoms with E-state index >= 15 is 4.39 Å². The maximum atomic E-state index is 15.1. The van der Waals surface area contributed by atoms with Crippen molar-refractivity contribution in [2.75, 3.05) is 25.1 Å². The Balaban J connectivity index is 2.35. The molecule has 2 aromatic rings. The standard InChI is InChI=1S/C19H22F3N3O4/c1-9-5-24(6-10(2)23-9)16-13(20)4-11-15(18(16)29-3)25(8-14(21)22)7-12(17(11)26)19(27)28/h4,7,9-10,14,23H,5-6,8H2,1-3H3,(H,27,28)/t9-,10+. The molecule has 1 aliphatic rings. The number of nitrogens with one attached hydrogen (secondary N) is 1. The molecular formula is C19H22F3N3O4. The van der Waals surface area contributed by atoms with Gasteiger partial charge in [0.2, 0.25) is 5.43 Å². The van der Waals surface area contributed by atoms with Crippen LogP contribution in [0.1, 0.15) is 24.2 Å². The third-order valence-electron chi connectivity index (χ3n) is 4.89. The minimum absolute atomic E-state index is 0.0381. The number of aromatic nitrogens is 1. The van der Waals surface area contributed by atoms with Gasteiger partial charge >= 0.3 is 5.97 Å². The summed E-state index contributed by atoms with van der Waals surface area (Å²) in [4.78, 5) is 25.7. The minimum Gasteiger partial charge on any atom is -0.492 e. The summed E-state index contributed by atoms with van der Waals surface area (Å²) in [6.07, 6.45) is -1.97. The Hall–Kier alpha value is -2.75. The van der Waals surface area contributed by atoms with Gasteiger partial charge in [-0.3, -0.25) is 4.79 Å². The number of nitrogens with zero attached hydrogens (tertiary/aromatic N) is 2. The molecule has 0 bridgehead atoms. The number of carboxylic acids is 1. The predicted octanol–water partition coefficient (Wildman–Crippen LogP) is 2.30. The number of halogens is 3. The third-order valence-corrected chi connectivity index (χ3v) is 4.89. The van der Waals surface area contributed by atoms with Crippen molar-refractivity contribution in [2.24, 2.45) is 0 Å². The molecule has 0 aliphatic carbocycles. The van der Waals surface area contributed by atoms with Crippen molar-refractivity contribution in [3.05, 3.63) is 33.9 Å². The largest absolute Gasteiger partial charge is 0.492 e. The van der Waals surface area contributed by atoms with E-state index in [0.29, 0.717) is 13.1 Å². The Morgan fingerprint density at radius 3 is 2.48 bits per heavy atom. The molecular weight excluding hydrogens is 391 g/mol. The Morgan fingerprint density at radius 1 is 1.34 bits per heavy atom. The number of pyridine rings is 1. The smallest absolute Gasteiger partial charge is 0.341 e. The molecule has 10 heteroatoms. The highest BCUT2D eigenvalue weighted by Crippen LogP contribution is 2.39. The number of fused-ring (bicyclic) bond motifs is 1. The van der Waals surface area contributed by atoms with Crippen molar-refractivity contribution < 1.29 is 27.8 Å². The van der Waals surface area contributed by atoms with Crippen molar-refractivity contribution in [3.63, 3.8) is 0 Å². The van der Waals surface area contributed by atoms with Gasteiger partial charge in [-0.25, -0.2) is 18.0 Å². The highest BCUT2D eigenvalue weighted by atomic mass is 19.3. The number of rotatable bonds is 5. The molecule has 1 aromatic carbocycles. The van der Waals surface area contributed by atoms with Gasteiger partial charge in [0.15, 0.2) is 11.6 Å². The number of ether oxygens (including phenoxy) is 1. The maximum absolute atomic E-state index is 15.1. The molecule has 1 aromatic heterocycles. The lowest BCUT2D eigenvalue weighted by molar-refractivity contribution is 0.0693. The molecule has 0 radical (unpaired) electrons. The zero-order chi connectivity index (χ0) is 21.5. The zero-order valence-electron chi connectivity index (χ0n) is 16.2. The molecule has 0 unspecified atom stereocenters. The lowest BCUT2D eigenvalue weighted by atomic mass is 10.1. The Labute approximate surface area is 164 Å². The van der Waals surface area contributed by atoms with Gasteiger partial charge in [0.1, 0.15) is 11.3 Å². The van der Waals surface area contributed by atoms with Crippen LogP contribution in [-0.4, -0.2) is 54.4 Å². The van der Waals surface area contributed by atoms with Crippen LogP contribution in [-0.2, 0) is 6.54 Å². The molecule has 3 rings (SSSR count). The summed E-state index contributed by atoms with van der Waals surface area (Å²) in [5.41, 5.74) is -1.66. The second-order valence-electron chi connectivity index (χ2n) is 7.23. The van der Waals surface area contributed by atoms with Crippen LogP contribution in [0.3, 0.4) is 0 Å². The monoisotopic (exact) mass is 413 g/mol. The molecule has 29 heavy (non-hydrogen) atoms. The van der Waals surface area contributed by atoms with Crippen LogP contribution in [0.2, 0.25) is 0 Å². The number of alkyl halides is 2. The number of hydrogen-bond donors (Lipinski definition) is 2. The molecule has 2 atom stereocenters. The van der Waals surface area contributed by atoms with Crippen LogP contribution < -0.4 is 20.4 Å². The average molecular weight is 413 g/mol. The van der Waals surface area contributed by atoms with E-state index in [1.165, 1.54) is 7.11 Å².